The summed E-state index contributed by atoms with van der Waals surface area (Å²) in [5, 5.41) is 0. The van der Waals surface area contributed by atoms with Gasteiger partial charge in [0.25, 0.3) is 0 Å². The van der Waals surface area contributed by atoms with Crippen LogP contribution in [0.1, 0.15) is 45.2 Å². The monoisotopic (exact) mass is 260 g/mol. The summed E-state index contributed by atoms with van der Waals surface area (Å²) in [7, 11) is 0. The van der Waals surface area contributed by atoms with Gasteiger partial charge in [0.15, 0.2) is 0 Å². The van der Waals surface area contributed by atoms with Crippen LogP contribution in [0, 0.1) is 5.41 Å². The van der Waals surface area contributed by atoms with E-state index in [1.165, 1.54) is 30.5 Å². The minimum absolute atomic E-state index is 0.117. The van der Waals surface area contributed by atoms with E-state index >= 15 is 0 Å². The fourth-order valence-electron chi connectivity index (χ4n) is 2.67. The van der Waals surface area contributed by atoms with Crippen molar-refractivity contribution in [3.63, 3.8) is 0 Å². The highest BCUT2D eigenvalue weighted by Crippen LogP contribution is 2.31. The first-order valence-corrected chi connectivity index (χ1v) is 7.38. The van der Waals surface area contributed by atoms with E-state index in [1.807, 2.05) is 0 Å². The van der Waals surface area contributed by atoms with E-state index in [0.29, 0.717) is 0 Å². The Kier molecular flexibility index (Phi) is 4.03. The van der Waals surface area contributed by atoms with Crippen molar-refractivity contribution >= 4 is 0 Å². The normalized spacial score (nSPS) is 17.9. The highest BCUT2D eigenvalue weighted by molar-refractivity contribution is 5.28. The first-order chi connectivity index (χ1) is 8.79. The lowest BCUT2D eigenvalue weighted by Gasteiger charge is -2.42. The third-order valence-corrected chi connectivity index (χ3v) is 4.80. The molecule has 0 radical (unpaired) electrons. The average Bonchev–Trinajstić information content (AvgIpc) is 2.48. The van der Waals surface area contributed by atoms with Crippen molar-refractivity contribution in [2.24, 2.45) is 11.1 Å². The fraction of sp³-hybridized carbons (Fsp3) is 0.647. The molecule has 1 aliphatic heterocycles. The summed E-state index contributed by atoms with van der Waals surface area (Å²) < 4.78 is 0. The van der Waals surface area contributed by atoms with Crippen molar-refractivity contribution in [1.82, 2.24) is 4.90 Å². The fourth-order valence-corrected chi connectivity index (χ4v) is 2.67. The standard InChI is InChI=1S/C17H28N2/c1-16(2,17(3,4)18)13-19-11-7-10-14-8-5-6-9-15(14)12-19/h5-6,8-9H,7,10-13,18H2,1-4H3. The van der Waals surface area contributed by atoms with Crippen LogP contribution in [-0.4, -0.2) is 23.5 Å². The van der Waals surface area contributed by atoms with Crippen LogP contribution >= 0.6 is 0 Å². The third-order valence-electron chi connectivity index (χ3n) is 4.80. The Labute approximate surface area is 118 Å². The second-order valence-corrected chi connectivity index (χ2v) is 7.19. The van der Waals surface area contributed by atoms with Gasteiger partial charge < -0.3 is 5.73 Å². The van der Waals surface area contributed by atoms with Gasteiger partial charge >= 0.3 is 0 Å². The molecular weight excluding hydrogens is 232 g/mol. The predicted octanol–water partition coefficient (Wildman–Crippen LogP) is 3.20. The summed E-state index contributed by atoms with van der Waals surface area (Å²) in [5.74, 6) is 0. The Balaban J connectivity index is 2.11. The van der Waals surface area contributed by atoms with Gasteiger partial charge in [0, 0.05) is 18.6 Å². The first-order valence-electron chi connectivity index (χ1n) is 7.38. The number of nitrogens with two attached hydrogens (primary N) is 1. The van der Waals surface area contributed by atoms with Gasteiger partial charge in [-0.3, -0.25) is 4.90 Å². The minimum atomic E-state index is -0.154. The van der Waals surface area contributed by atoms with E-state index in [9.17, 15) is 0 Å². The number of fused-ring (bicyclic) bond motifs is 1. The van der Waals surface area contributed by atoms with Crippen molar-refractivity contribution in [2.45, 2.75) is 52.6 Å². The van der Waals surface area contributed by atoms with E-state index in [4.69, 9.17) is 5.73 Å². The van der Waals surface area contributed by atoms with E-state index < -0.39 is 0 Å². The molecule has 0 aliphatic carbocycles. The molecule has 2 N–H and O–H groups in total. The Morgan fingerprint density at radius 2 is 1.74 bits per heavy atom. The number of rotatable bonds is 3. The molecule has 106 valence electrons. The van der Waals surface area contributed by atoms with Gasteiger partial charge in [-0.25, -0.2) is 0 Å². The molecule has 2 rings (SSSR count). The average molecular weight is 260 g/mol. The van der Waals surface area contributed by atoms with Crippen LogP contribution in [0.2, 0.25) is 0 Å². The second kappa shape index (κ2) is 5.26. The molecule has 1 aliphatic rings. The number of aryl methyl sites for hydroxylation is 1. The van der Waals surface area contributed by atoms with Crippen molar-refractivity contribution in [2.75, 3.05) is 13.1 Å². The van der Waals surface area contributed by atoms with Gasteiger partial charge in [0.2, 0.25) is 0 Å². The van der Waals surface area contributed by atoms with Crippen LogP contribution in [0.3, 0.4) is 0 Å². The molecule has 1 aromatic rings. The Hall–Kier alpha value is -0.860. The molecule has 1 aromatic carbocycles. The molecule has 0 unspecified atom stereocenters. The SMILES string of the molecule is CC(C)(N)C(C)(C)CN1CCCc2ccccc2C1. The highest BCUT2D eigenvalue weighted by atomic mass is 15.1. The van der Waals surface area contributed by atoms with Gasteiger partial charge in [-0.05, 0) is 49.8 Å². The van der Waals surface area contributed by atoms with Crippen LogP contribution in [0.5, 0.6) is 0 Å². The van der Waals surface area contributed by atoms with Crippen molar-refractivity contribution < 1.29 is 0 Å². The van der Waals surface area contributed by atoms with Gasteiger partial charge in [-0.15, -0.1) is 0 Å². The van der Waals surface area contributed by atoms with Gasteiger partial charge in [-0.1, -0.05) is 38.1 Å². The van der Waals surface area contributed by atoms with E-state index in [2.05, 4.69) is 56.9 Å². The van der Waals surface area contributed by atoms with Gasteiger partial charge in [0.05, 0.1) is 0 Å². The summed E-state index contributed by atoms with van der Waals surface area (Å²) in [4.78, 5) is 2.57. The zero-order valence-electron chi connectivity index (χ0n) is 12.9. The van der Waals surface area contributed by atoms with Crippen molar-refractivity contribution in [1.29, 1.82) is 0 Å². The van der Waals surface area contributed by atoms with Crippen LogP contribution in [0.15, 0.2) is 24.3 Å². The molecule has 2 nitrogen and oxygen atoms in total. The number of hydrogen-bond donors (Lipinski definition) is 1. The highest BCUT2D eigenvalue weighted by Gasteiger charge is 2.35. The topological polar surface area (TPSA) is 29.3 Å². The molecule has 0 aromatic heterocycles. The molecule has 0 spiro atoms. The van der Waals surface area contributed by atoms with E-state index in [1.54, 1.807) is 0 Å². The minimum Gasteiger partial charge on any atom is -0.325 e. The maximum atomic E-state index is 6.34. The van der Waals surface area contributed by atoms with Crippen molar-refractivity contribution in [3.8, 4) is 0 Å². The predicted molar refractivity (Wildman–Crippen MR) is 82.1 cm³/mol. The molecule has 0 bridgehead atoms. The number of nitrogens with zero attached hydrogens (tertiary/aromatic N) is 1. The lowest BCUT2D eigenvalue weighted by atomic mass is 9.75. The molecule has 2 heteroatoms. The van der Waals surface area contributed by atoms with Crippen LogP contribution < -0.4 is 5.73 Å². The summed E-state index contributed by atoms with van der Waals surface area (Å²) in [5.41, 5.74) is 9.32. The van der Waals surface area contributed by atoms with Gasteiger partial charge in [0.1, 0.15) is 0 Å². The third kappa shape index (κ3) is 3.37. The lowest BCUT2D eigenvalue weighted by Crippen LogP contribution is -2.52. The molecule has 0 amide bonds. The molecule has 0 atom stereocenters. The maximum Gasteiger partial charge on any atom is 0.0236 e. The van der Waals surface area contributed by atoms with Crippen LogP contribution in [0.25, 0.3) is 0 Å². The Morgan fingerprint density at radius 3 is 2.37 bits per heavy atom. The summed E-state index contributed by atoms with van der Waals surface area (Å²) in [6.07, 6.45) is 2.46. The first kappa shape index (κ1) is 14.5. The summed E-state index contributed by atoms with van der Waals surface area (Å²) >= 11 is 0. The van der Waals surface area contributed by atoms with Gasteiger partial charge in [-0.2, -0.15) is 0 Å². The van der Waals surface area contributed by atoms with Crippen molar-refractivity contribution in [3.05, 3.63) is 35.4 Å². The summed E-state index contributed by atoms with van der Waals surface area (Å²) in [6, 6.07) is 8.85. The number of hydrogen-bond acceptors (Lipinski definition) is 2. The second-order valence-electron chi connectivity index (χ2n) is 7.19. The summed E-state index contributed by atoms with van der Waals surface area (Å²) in [6.45, 7) is 12.1. The molecule has 0 saturated carbocycles. The van der Waals surface area contributed by atoms with E-state index in [0.717, 1.165) is 13.1 Å². The molecular formula is C17H28N2. The molecule has 1 heterocycles. The molecule has 0 saturated heterocycles. The molecule has 19 heavy (non-hydrogen) atoms. The zero-order chi connectivity index (χ0) is 14.1. The van der Waals surface area contributed by atoms with E-state index in [-0.39, 0.29) is 11.0 Å². The van der Waals surface area contributed by atoms with Crippen LogP contribution in [0.4, 0.5) is 0 Å². The maximum absolute atomic E-state index is 6.34. The zero-order valence-corrected chi connectivity index (χ0v) is 12.9. The molecule has 0 fully saturated rings. The van der Waals surface area contributed by atoms with Crippen LogP contribution in [-0.2, 0) is 13.0 Å². The lowest BCUT2D eigenvalue weighted by molar-refractivity contribution is 0.109. The number of benzene rings is 1. The Morgan fingerprint density at radius 1 is 1.11 bits per heavy atom. The largest absolute Gasteiger partial charge is 0.325 e. The Bertz CT molecular complexity index is 429. The quantitative estimate of drug-likeness (QED) is 0.904. The smallest absolute Gasteiger partial charge is 0.0236 e.